The van der Waals surface area contributed by atoms with Gasteiger partial charge in [0.1, 0.15) is 0 Å². The largest absolute Gasteiger partial charge is 0.356 e. The van der Waals surface area contributed by atoms with Gasteiger partial charge in [-0.2, -0.15) is 0 Å². The Bertz CT molecular complexity index is 319. The van der Waals surface area contributed by atoms with E-state index in [-0.39, 0.29) is 12.4 Å². The molecule has 0 aromatic heterocycles. The van der Waals surface area contributed by atoms with Crippen LogP contribution in [0.15, 0.2) is 0 Å². The lowest BCUT2D eigenvalue weighted by atomic mass is 9.89. The predicted octanol–water partition coefficient (Wildman–Crippen LogP) is 3.42. The van der Waals surface area contributed by atoms with Crippen LogP contribution in [0.3, 0.4) is 0 Å². The lowest BCUT2D eigenvalue weighted by Gasteiger charge is -2.28. The molecule has 2 heterocycles. The highest BCUT2D eigenvalue weighted by Crippen LogP contribution is 2.32. The number of rotatable bonds is 6. The fourth-order valence-electron chi connectivity index (χ4n) is 4.59. The minimum absolute atomic E-state index is 0. The lowest BCUT2D eigenvalue weighted by Crippen LogP contribution is -2.39. The van der Waals surface area contributed by atoms with E-state index in [1.165, 1.54) is 64.2 Å². The average Bonchev–Trinajstić information content (AvgIpc) is 3.05. The van der Waals surface area contributed by atoms with Gasteiger partial charge in [-0.3, -0.25) is 4.79 Å². The Hall–Kier alpha value is -0.280. The Kier molecular flexibility index (Phi) is 6.81. The lowest BCUT2D eigenvalue weighted by molar-refractivity contribution is -0.122. The van der Waals surface area contributed by atoms with Crippen molar-refractivity contribution >= 4 is 18.3 Å². The Morgan fingerprint density at radius 1 is 1.00 bits per heavy atom. The van der Waals surface area contributed by atoms with E-state index < -0.39 is 0 Å². The van der Waals surface area contributed by atoms with Gasteiger partial charge >= 0.3 is 0 Å². The molecule has 122 valence electrons. The SMILES string of the molecule is Cl.O=C(CC1CC2CCC(C1)N2)NCCCC1CCCC1. The zero-order valence-electron chi connectivity index (χ0n) is 13.1. The van der Waals surface area contributed by atoms with Crippen LogP contribution in [0.1, 0.15) is 70.6 Å². The molecule has 1 amide bonds. The van der Waals surface area contributed by atoms with Crippen LogP contribution in [-0.4, -0.2) is 24.5 Å². The molecule has 2 atom stereocenters. The normalized spacial score (nSPS) is 31.9. The molecular formula is C17H31ClN2O. The Morgan fingerprint density at radius 3 is 2.33 bits per heavy atom. The molecule has 2 N–H and O–H groups in total. The van der Waals surface area contributed by atoms with Crippen LogP contribution in [0.4, 0.5) is 0 Å². The number of hydrogen-bond donors (Lipinski definition) is 2. The summed E-state index contributed by atoms with van der Waals surface area (Å²) in [6.07, 6.45) is 14.0. The van der Waals surface area contributed by atoms with Gasteiger partial charge in [0.05, 0.1) is 0 Å². The second-order valence-electron chi connectivity index (χ2n) is 7.32. The highest BCUT2D eigenvalue weighted by Gasteiger charge is 2.34. The molecule has 3 rings (SSSR count). The number of nitrogens with one attached hydrogen (secondary N) is 2. The smallest absolute Gasteiger partial charge is 0.220 e. The minimum Gasteiger partial charge on any atom is -0.356 e. The molecule has 0 radical (unpaired) electrons. The first-order valence-corrected chi connectivity index (χ1v) is 8.82. The molecule has 2 unspecified atom stereocenters. The van der Waals surface area contributed by atoms with Gasteiger partial charge in [0.15, 0.2) is 0 Å². The number of hydrogen-bond acceptors (Lipinski definition) is 2. The maximum atomic E-state index is 12.0. The number of carbonyl (C=O) groups excluding carboxylic acids is 1. The Labute approximate surface area is 135 Å². The molecule has 1 saturated carbocycles. The van der Waals surface area contributed by atoms with Crippen molar-refractivity contribution in [2.75, 3.05) is 6.54 Å². The van der Waals surface area contributed by atoms with Crippen LogP contribution in [0, 0.1) is 11.8 Å². The maximum Gasteiger partial charge on any atom is 0.220 e. The standard InChI is InChI=1S/C17H30N2O.ClH/c20-17(18-9-3-6-13-4-1-2-5-13)12-14-10-15-7-8-16(11-14)19-15;/h13-16,19H,1-12H2,(H,18,20);1H. The van der Waals surface area contributed by atoms with Crippen LogP contribution >= 0.6 is 12.4 Å². The van der Waals surface area contributed by atoms with E-state index in [0.717, 1.165) is 18.9 Å². The van der Waals surface area contributed by atoms with Crippen molar-refractivity contribution in [1.29, 1.82) is 0 Å². The third-order valence-corrected chi connectivity index (χ3v) is 5.63. The minimum atomic E-state index is 0. The molecule has 2 saturated heterocycles. The van der Waals surface area contributed by atoms with Crippen molar-refractivity contribution in [3.05, 3.63) is 0 Å². The van der Waals surface area contributed by atoms with Gasteiger partial charge in [-0.05, 0) is 50.4 Å². The molecule has 1 aliphatic carbocycles. The van der Waals surface area contributed by atoms with E-state index in [0.29, 0.717) is 23.9 Å². The number of piperidine rings is 1. The molecule has 0 aromatic rings. The van der Waals surface area contributed by atoms with E-state index in [2.05, 4.69) is 10.6 Å². The van der Waals surface area contributed by atoms with Crippen LogP contribution in [-0.2, 0) is 4.79 Å². The molecule has 2 bridgehead atoms. The fraction of sp³-hybridized carbons (Fsp3) is 0.941. The molecule has 21 heavy (non-hydrogen) atoms. The number of amides is 1. The summed E-state index contributed by atoms with van der Waals surface area (Å²) in [6, 6.07) is 1.41. The summed E-state index contributed by atoms with van der Waals surface area (Å²) in [6.45, 7) is 0.896. The van der Waals surface area contributed by atoms with Crippen LogP contribution in [0.5, 0.6) is 0 Å². The first kappa shape index (κ1) is 17.1. The van der Waals surface area contributed by atoms with Crippen molar-refractivity contribution in [2.24, 2.45) is 11.8 Å². The summed E-state index contributed by atoms with van der Waals surface area (Å²) >= 11 is 0. The quantitative estimate of drug-likeness (QED) is 0.738. The van der Waals surface area contributed by atoms with E-state index in [1.807, 2.05) is 0 Å². The Morgan fingerprint density at radius 2 is 1.67 bits per heavy atom. The summed E-state index contributed by atoms with van der Waals surface area (Å²) in [5, 5.41) is 6.79. The molecule has 4 heteroatoms. The molecule has 0 spiro atoms. The molecule has 3 fully saturated rings. The summed E-state index contributed by atoms with van der Waals surface area (Å²) in [5.41, 5.74) is 0. The summed E-state index contributed by atoms with van der Waals surface area (Å²) in [7, 11) is 0. The van der Waals surface area contributed by atoms with Gasteiger partial charge in [0.2, 0.25) is 5.91 Å². The van der Waals surface area contributed by atoms with Crippen molar-refractivity contribution in [3.63, 3.8) is 0 Å². The highest BCUT2D eigenvalue weighted by molar-refractivity contribution is 5.85. The zero-order valence-corrected chi connectivity index (χ0v) is 13.9. The van der Waals surface area contributed by atoms with Crippen molar-refractivity contribution in [2.45, 2.75) is 82.7 Å². The predicted molar refractivity (Wildman–Crippen MR) is 88.7 cm³/mol. The van der Waals surface area contributed by atoms with Gasteiger partial charge in [-0.25, -0.2) is 0 Å². The van der Waals surface area contributed by atoms with Crippen LogP contribution in [0.2, 0.25) is 0 Å². The van der Waals surface area contributed by atoms with Crippen molar-refractivity contribution in [1.82, 2.24) is 10.6 Å². The first-order valence-electron chi connectivity index (χ1n) is 8.82. The molecule has 2 aliphatic heterocycles. The second-order valence-corrected chi connectivity index (χ2v) is 7.32. The number of halogens is 1. The molecule has 3 aliphatic rings. The monoisotopic (exact) mass is 314 g/mol. The van der Waals surface area contributed by atoms with Gasteiger partial charge in [-0.15, -0.1) is 12.4 Å². The van der Waals surface area contributed by atoms with Crippen LogP contribution < -0.4 is 10.6 Å². The molecule has 0 aromatic carbocycles. The molecule has 3 nitrogen and oxygen atoms in total. The van der Waals surface area contributed by atoms with Crippen molar-refractivity contribution < 1.29 is 4.79 Å². The summed E-state index contributed by atoms with van der Waals surface area (Å²) < 4.78 is 0. The first-order chi connectivity index (χ1) is 9.79. The van der Waals surface area contributed by atoms with E-state index in [1.54, 1.807) is 0 Å². The third kappa shape index (κ3) is 5.14. The van der Waals surface area contributed by atoms with E-state index in [4.69, 9.17) is 0 Å². The topological polar surface area (TPSA) is 41.1 Å². The second kappa shape index (κ2) is 8.38. The zero-order chi connectivity index (χ0) is 13.8. The maximum absolute atomic E-state index is 12.0. The third-order valence-electron chi connectivity index (χ3n) is 5.63. The average molecular weight is 315 g/mol. The number of carbonyl (C=O) groups is 1. The number of fused-ring (bicyclic) bond motifs is 2. The van der Waals surface area contributed by atoms with E-state index in [9.17, 15) is 4.79 Å². The van der Waals surface area contributed by atoms with Crippen molar-refractivity contribution in [3.8, 4) is 0 Å². The fourth-order valence-corrected chi connectivity index (χ4v) is 4.59. The highest BCUT2D eigenvalue weighted by atomic mass is 35.5. The molecular weight excluding hydrogens is 284 g/mol. The summed E-state index contributed by atoms with van der Waals surface area (Å²) in [5.74, 6) is 1.87. The van der Waals surface area contributed by atoms with E-state index >= 15 is 0 Å². The van der Waals surface area contributed by atoms with Gasteiger partial charge in [-0.1, -0.05) is 25.7 Å². The van der Waals surface area contributed by atoms with Gasteiger partial charge < -0.3 is 10.6 Å². The van der Waals surface area contributed by atoms with Crippen LogP contribution in [0.25, 0.3) is 0 Å². The van der Waals surface area contributed by atoms with Gasteiger partial charge in [0.25, 0.3) is 0 Å². The summed E-state index contributed by atoms with van der Waals surface area (Å²) in [4.78, 5) is 12.0. The Balaban J connectivity index is 0.00000161. The van der Waals surface area contributed by atoms with Gasteiger partial charge in [0, 0.05) is 25.0 Å².